The molecule has 0 spiro atoms. The minimum Gasteiger partial charge on any atom is -0.475 e. The number of nitrogens with zero attached hydrogens (tertiary/aromatic N) is 2. The lowest BCUT2D eigenvalue weighted by Crippen LogP contribution is -2.42. The second kappa shape index (κ2) is 3.13. The Bertz CT molecular complexity index is 380. The fourth-order valence-electron chi connectivity index (χ4n) is 1.16. The van der Waals surface area contributed by atoms with Crippen LogP contribution >= 0.6 is 0 Å². The highest BCUT2D eigenvalue weighted by molar-refractivity contribution is 5.95. The summed E-state index contributed by atoms with van der Waals surface area (Å²) in [5, 5.41) is 11.9. The third kappa shape index (κ3) is 1.34. The maximum absolute atomic E-state index is 11.5. The number of aromatic carboxylic acids is 1. The Morgan fingerprint density at radius 1 is 1.50 bits per heavy atom. The maximum atomic E-state index is 11.5. The van der Waals surface area contributed by atoms with E-state index in [0.29, 0.717) is 13.1 Å². The lowest BCUT2D eigenvalue weighted by Gasteiger charge is -2.29. The second-order valence-electron chi connectivity index (χ2n) is 3.03. The molecule has 2 heterocycles. The van der Waals surface area contributed by atoms with E-state index in [9.17, 15) is 9.59 Å². The number of likely N-dealkylation sites (tertiary alicyclic amines) is 1. The Morgan fingerprint density at radius 2 is 2.21 bits per heavy atom. The molecule has 6 nitrogen and oxygen atoms in total. The van der Waals surface area contributed by atoms with E-state index in [1.54, 1.807) is 4.90 Å². The number of carbonyl (C=O) groups is 2. The van der Waals surface area contributed by atoms with Gasteiger partial charge in [0.1, 0.15) is 0 Å². The summed E-state index contributed by atoms with van der Waals surface area (Å²) in [7, 11) is 0. The highest BCUT2D eigenvalue weighted by Crippen LogP contribution is 2.12. The minimum atomic E-state index is -1.22. The first-order valence-corrected chi connectivity index (χ1v) is 4.18. The Kier molecular flexibility index (Phi) is 1.95. The molecular formula is C8H8N2O4. The molecule has 0 atom stereocenters. The Balaban J connectivity index is 2.15. The van der Waals surface area contributed by atoms with Crippen LogP contribution in [0, 0.1) is 0 Å². The zero-order valence-electron chi connectivity index (χ0n) is 7.27. The fourth-order valence-corrected chi connectivity index (χ4v) is 1.16. The molecule has 1 saturated heterocycles. The molecule has 1 amide bonds. The summed E-state index contributed by atoms with van der Waals surface area (Å²) in [4.78, 5) is 23.5. The molecule has 1 aromatic rings. The molecule has 1 N–H and O–H groups in total. The van der Waals surface area contributed by atoms with E-state index in [0.717, 1.165) is 12.5 Å². The Labute approximate surface area is 79.1 Å². The highest BCUT2D eigenvalue weighted by Gasteiger charge is 2.25. The third-order valence-corrected chi connectivity index (χ3v) is 2.08. The molecule has 1 aliphatic heterocycles. The van der Waals surface area contributed by atoms with Crippen molar-refractivity contribution in [1.82, 2.24) is 10.1 Å². The van der Waals surface area contributed by atoms with Crippen LogP contribution < -0.4 is 0 Å². The lowest BCUT2D eigenvalue weighted by atomic mass is 10.2. The van der Waals surface area contributed by atoms with Gasteiger partial charge in [-0.2, -0.15) is 0 Å². The molecule has 14 heavy (non-hydrogen) atoms. The molecule has 0 aliphatic carbocycles. The van der Waals surface area contributed by atoms with E-state index in [1.165, 1.54) is 0 Å². The van der Waals surface area contributed by atoms with E-state index >= 15 is 0 Å². The van der Waals surface area contributed by atoms with Crippen LogP contribution in [0.15, 0.2) is 10.6 Å². The maximum Gasteiger partial charge on any atom is 0.374 e. The average Bonchev–Trinajstić information content (AvgIpc) is 2.48. The minimum absolute atomic E-state index is 0.0575. The van der Waals surface area contributed by atoms with Crippen LogP contribution in [0.1, 0.15) is 27.5 Å². The SMILES string of the molecule is O=C(O)c1cc(C(=O)N2CCC2)no1. The number of rotatable bonds is 2. The quantitative estimate of drug-likeness (QED) is 0.731. The van der Waals surface area contributed by atoms with E-state index in [1.807, 2.05) is 0 Å². The lowest BCUT2D eigenvalue weighted by molar-refractivity contribution is 0.0627. The first kappa shape index (κ1) is 8.74. The summed E-state index contributed by atoms with van der Waals surface area (Å²) < 4.78 is 4.47. The van der Waals surface area contributed by atoms with Crippen molar-refractivity contribution in [1.29, 1.82) is 0 Å². The van der Waals surface area contributed by atoms with Crippen molar-refractivity contribution in [3.8, 4) is 0 Å². The van der Waals surface area contributed by atoms with Crippen molar-refractivity contribution in [3.63, 3.8) is 0 Å². The van der Waals surface area contributed by atoms with Gasteiger partial charge < -0.3 is 14.5 Å². The van der Waals surface area contributed by atoms with Gasteiger partial charge in [0.2, 0.25) is 5.76 Å². The molecule has 1 aliphatic rings. The molecule has 0 saturated carbocycles. The standard InChI is InChI=1S/C8H8N2O4/c11-7(10-2-1-3-10)5-4-6(8(12)13)14-9-5/h4H,1-3H2,(H,12,13). The summed E-state index contributed by atoms with van der Waals surface area (Å²) >= 11 is 0. The molecule has 1 fully saturated rings. The topological polar surface area (TPSA) is 83.6 Å². The summed E-state index contributed by atoms with van der Waals surface area (Å²) in [6.45, 7) is 1.40. The number of amides is 1. The normalized spacial score (nSPS) is 15.0. The summed E-state index contributed by atoms with van der Waals surface area (Å²) in [5.41, 5.74) is 0.0575. The zero-order valence-corrected chi connectivity index (χ0v) is 7.27. The van der Waals surface area contributed by atoms with Crippen molar-refractivity contribution < 1.29 is 19.2 Å². The molecule has 74 valence electrons. The van der Waals surface area contributed by atoms with Crippen LogP contribution in [-0.2, 0) is 0 Å². The van der Waals surface area contributed by atoms with Crippen LogP contribution in [0.5, 0.6) is 0 Å². The van der Waals surface area contributed by atoms with Gasteiger partial charge in [-0.25, -0.2) is 4.79 Å². The zero-order chi connectivity index (χ0) is 10.1. The number of carboxylic acid groups (broad SMARTS) is 1. The van der Waals surface area contributed by atoms with Crippen LogP contribution in [0.4, 0.5) is 0 Å². The molecule has 0 unspecified atom stereocenters. The van der Waals surface area contributed by atoms with Crippen LogP contribution in [0.25, 0.3) is 0 Å². The van der Waals surface area contributed by atoms with Gasteiger partial charge in [-0.1, -0.05) is 5.16 Å². The molecule has 0 bridgehead atoms. The van der Waals surface area contributed by atoms with Crippen molar-refractivity contribution in [3.05, 3.63) is 17.5 Å². The predicted octanol–water partition coefficient (Wildman–Crippen LogP) is 0.219. The van der Waals surface area contributed by atoms with Gasteiger partial charge >= 0.3 is 5.97 Å². The van der Waals surface area contributed by atoms with Gasteiger partial charge in [-0.05, 0) is 6.42 Å². The third-order valence-electron chi connectivity index (χ3n) is 2.08. The van der Waals surface area contributed by atoms with Crippen molar-refractivity contribution in [2.45, 2.75) is 6.42 Å². The van der Waals surface area contributed by atoms with Gasteiger partial charge in [0.05, 0.1) is 0 Å². The largest absolute Gasteiger partial charge is 0.475 e. The first-order chi connectivity index (χ1) is 6.68. The predicted molar refractivity (Wildman–Crippen MR) is 44.0 cm³/mol. The van der Waals surface area contributed by atoms with Crippen molar-refractivity contribution in [2.75, 3.05) is 13.1 Å². The van der Waals surface area contributed by atoms with E-state index in [4.69, 9.17) is 5.11 Å². The Hall–Kier alpha value is -1.85. The van der Waals surface area contributed by atoms with Gasteiger partial charge in [0, 0.05) is 19.2 Å². The van der Waals surface area contributed by atoms with Gasteiger partial charge in [-0.15, -0.1) is 0 Å². The van der Waals surface area contributed by atoms with E-state index in [2.05, 4.69) is 9.68 Å². The highest BCUT2D eigenvalue weighted by atomic mass is 16.5. The molecule has 2 rings (SSSR count). The molecule has 0 radical (unpaired) electrons. The van der Waals surface area contributed by atoms with Crippen LogP contribution in [-0.4, -0.2) is 40.1 Å². The van der Waals surface area contributed by atoms with Crippen molar-refractivity contribution in [2.24, 2.45) is 0 Å². The van der Waals surface area contributed by atoms with Gasteiger partial charge in [0.25, 0.3) is 5.91 Å². The first-order valence-electron chi connectivity index (χ1n) is 4.18. The number of hydrogen-bond donors (Lipinski definition) is 1. The number of aromatic nitrogens is 1. The smallest absolute Gasteiger partial charge is 0.374 e. The number of carboxylic acids is 1. The summed E-state index contributed by atoms with van der Waals surface area (Å²) in [6.07, 6.45) is 0.982. The van der Waals surface area contributed by atoms with E-state index in [-0.39, 0.29) is 17.4 Å². The molecule has 0 aromatic carbocycles. The fraction of sp³-hybridized carbons (Fsp3) is 0.375. The van der Waals surface area contributed by atoms with Crippen LogP contribution in [0.3, 0.4) is 0 Å². The van der Waals surface area contributed by atoms with Gasteiger partial charge in [0.15, 0.2) is 5.69 Å². The summed E-state index contributed by atoms with van der Waals surface area (Å²) in [5.74, 6) is -1.80. The monoisotopic (exact) mass is 196 g/mol. The molecule has 6 heteroatoms. The van der Waals surface area contributed by atoms with Crippen molar-refractivity contribution >= 4 is 11.9 Å². The molecule has 1 aromatic heterocycles. The van der Waals surface area contributed by atoms with Gasteiger partial charge in [-0.3, -0.25) is 4.79 Å². The van der Waals surface area contributed by atoms with Crippen LogP contribution in [0.2, 0.25) is 0 Å². The Morgan fingerprint density at radius 3 is 2.64 bits per heavy atom. The van der Waals surface area contributed by atoms with E-state index < -0.39 is 5.97 Å². The number of carbonyl (C=O) groups excluding carboxylic acids is 1. The number of hydrogen-bond acceptors (Lipinski definition) is 4. The summed E-state index contributed by atoms with van der Waals surface area (Å²) in [6, 6.07) is 1.14. The molecular weight excluding hydrogens is 188 g/mol. The second-order valence-corrected chi connectivity index (χ2v) is 3.03. The average molecular weight is 196 g/mol.